The Morgan fingerprint density at radius 1 is 1.28 bits per heavy atom. The van der Waals surface area contributed by atoms with Gasteiger partial charge in [0.2, 0.25) is 5.91 Å². The zero-order chi connectivity index (χ0) is 18.1. The molecular weight excluding hydrogens is 324 g/mol. The van der Waals surface area contributed by atoms with E-state index >= 15 is 0 Å². The third-order valence-corrected chi connectivity index (χ3v) is 4.86. The number of morpholine rings is 1. The Bertz CT molecular complexity index is 649. The first-order valence-electron chi connectivity index (χ1n) is 8.72. The Hall–Kier alpha value is -1.93. The highest BCUT2D eigenvalue weighted by Gasteiger charge is 2.33. The molecular formula is C17H26N4O4. The van der Waals surface area contributed by atoms with E-state index in [4.69, 9.17) is 9.47 Å². The van der Waals surface area contributed by atoms with Crippen molar-refractivity contribution in [2.75, 3.05) is 26.7 Å². The maximum atomic E-state index is 12.9. The highest BCUT2D eigenvalue weighted by atomic mass is 16.5. The van der Waals surface area contributed by atoms with Gasteiger partial charge in [-0.05, 0) is 26.8 Å². The summed E-state index contributed by atoms with van der Waals surface area (Å²) in [6.07, 6.45) is 0.258. The average Bonchev–Trinajstić information content (AvgIpc) is 3.02. The van der Waals surface area contributed by atoms with E-state index in [1.807, 2.05) is 25.7 Å². The molecule has 3 heterocycles. The maximum absolute atomic E-state index is 12.9. The van der Waals surface area contributed by atoms with E-state index in [-0.39, 0.29) is 29.9 Å². The Kier molecular flexibility index (Phi) is 5.10. The fourth-order valence-corrected chi connectivity index (χ4v) is 3.61. The monoisotopic (exact) mass is 350 g/mol. The molecule has 0 bridgehead atoms. The lowest BCUT2D eigenvalue weighted by Gasteiger charge is -2.40. The Labute approximate surface area is 147 Å². The fraction of sp³-hybridized carbons (Fsp3) is 0.706. The summed E-state index contributed by atoms with van der Waals surface area (Å²) in [6.45, 7) is 9.18. The second-order valence-electron chi connectivity index (χ2n) is 6.88. The summed E-state index contributed by atoms with van der Waals surface area (Å²) >= 11 is 0. The van der Waals surface area contributed by atoms with Gasteiger partial charge in [-0.2, -0.15) is 5.10 Å². The number of carbonyl (C=O) groups is 2. The number of hydrogen-bond acceptors (Lipinski definition) is 6. The van der Waals surface area contributed by atoms with Crippen molar-refractivity contribution in [3.8, 4) is 0 Å². The third kappa shape index (κ3) is 3.69. The van der Waals surface area contributed by atoms with Crippen molar-refractivity contribution in [3.05, 3.63) is 17.5 Å². The number of aromatic nitrogens is 2. The minimum atomic E-state index is -0.454. The van der Waals surface area contributed by atoms with Gasteiger partial charge in [0.25, 0.3) is 0 Å². The molecule has 1 amide bonds. The SMILES string of the molecule is COC(=O)c1cc2n(n1)CCN(C(=O)C(C)N1C[C@@H](C)O[C@@H](C)C1)C2. The molecule has 8 nitrogen and oxygen atoms in total. The molecule has 1 aromatic heterocycles. The van der Waals surface area contributed by atoms with Crippen LogP contribution in [0.25, 0.3) is 0 Å². The second-order valence-corrected chi connectivity index (χ2v) is 6.88. The summed E-state index contributed by atoms with van der Waals surface area (Å²) in [4.78, 5) is 28.6. The van der Waals surface area contributed by atoms with Crippen molar-refractivity contribution in [1.82, 2.24) is 19.6 Å². The predicted molar refractivity (Wildman–Crippen MR) is 90.0 cm³/mol. The first-order chi connectivity index (χ1) is 11.9. The lowest BCUT2D eigenvalue weighted by molar-refractivity contribution is -0.143. The van der Waals surface area contributed by atoms with Crippen LogP contribution in [0.1, 0.15) is 37.0 Å². The van der Waals surface area contributed by atoms with E-state index in [9.17, 15) is 9.59 Å². The van der Waals surface area contributed by atoms with Crippen LogP contribution in [-0.2, 0) is 27.4 Å². The standard InChI is InChI=1S/C17H26N4O4/c1-11-8-20(9-12(2)25-11)13(3)16(22)19-5-6-21-14(10-19)7-15(18-21)17(23)24-4/h7,11-13H,5-6,8-10H2,1-4H3/t11-,12+,13?. The Morgan fingerprint density at radius 3 is 2.60 bits per heavy atom. The van der Waals surface area contributed by atoms with Gasteiger partial charge in [-0.3, -0.25) is 14.4 Å². The predicted octanol–water partition coefficient (Wildman–Crippen LogP) is 0.510. The van der Waals surface area contributed by atoms with Crippen LogP contribution in [0.15, 0.2) is 6.07 Å². The number of fused-ring (bicyclic) bond motifs is 1. The van der Waals surface area contributed by atoms with E-state index in [2.05, 4.69) is 10.00 Å². The van der Waals surface area contributed by atoms with Crippen LogP contribution >= 0.6 is 0 Å². The number of carbonyl (C=O) groups excluding carboxylic acids is 2. The second kappa shape index (κ2) is 7.13. The van der Waals surface area contributed by atoms with Crippen LogP contribution in [0.4, 0.5) is 0 Å². The molecule has 2 aliphatic heterocycles. The molecule has 0 aromatic carbocycles. The van der Waals surface area contributed by atoms with Crippen molar-refractivity contribution >= 4 is 11.9 Å². The van der Waals surface area contributed by atoms with E-state index in [0.717, 1.165) is 18.8 Å². The Balaban J connectivity index is 1.67. The molecule has 3 atom stereocenters. The Morgan fingerprint density at radius 2 is 1.96 bits per heavy atom. The molecule has 0 N–H and O–H groups in total. The van der Waals surface area contributed by atoms with Crippen LogP contribution in [0.3, 0.4) is 0 Å². The molecule has 0 spiro atoms. The zero-order valence-corrected chi connectivity index (χ0v) is 15.3. The van der Waals surface area contributed by atoms with Crippen molar-refractivity contribution in [3.63, 3.8) is 0 Å². The minimum Gasteiger partial charge on any atom is -0.464 e. The van der Waals surface area contributed by atoms with Gasteiger partial charge in [0.1, 0.15) is 0 Å². The molecule has 1 fully saturated rings. The molecule has 1 saturated heterocycles. The van der Waals surface area contributed by atoms with Crippen LogP contribution in [0.5, 0.6) is 0 Å². The summed E-state index contributed by atoms with van der Waals surface area (Å²) in [5, 5.41) is 4.25. The van der Waals surface area contributed by atoms with Crippen molar-refractivity contribution in [1.29, 1.82) is 0 Å². The topological polar surface area (TPSA) is 76.9 Å². The summed E-state index contributed by atoms with van der Waals surface area (Å²) in [6, 6.07) is 1.51. The van der Waals surface area contributed by atoms with Gasteiger partial charge in [-0.25, -0.2) is 4.79 Å². The average molecular weight is 350 g/mol. The van der Waals surface area contributed by atoms with E-state index in [0.29, 0.717) is 19.6 Å². The minimum absolute atomic E-state index is 0.105. The molecule has 3 rings (SSSR count). The van der Waals surface area contributed by atoms with Crippen molar-refractivity contribution in [2.24, 2.45) is 0 Å². The maximum Gasteiger partial charge on any atom is 0.358 e. The molecule has 0 aliphatic carbocycles. The van der Waals surface area contributed by atoms with E-state index in [1.54, 1.807) is 10.7 Å². The summed E-state index contributed by atoms with van der Waals surface area (Å²) in [5.41, 5.74) is 1.14. The summed E-state index contributed by atoms with van der Waals surface area (Å²) in [5.74, 6) is -0.349. The van der Waals surface area contributed by atoms with Gasteiger partial charge >= 0.3 is 5.97 Å². The van der Waals surface area contributed by atoms with Crippen LogP contribution in [0.2, 0.25) is 0 Å². The molecule has 1 unspecified atom stereocenters. The summed E-state index contributed by atoms with van der Waals surface area (Å²) in [7, 11) is 1.34. The largest absolute Gasteiger partial charge is 0.464 e. The first kappa shape index (κ1) is 17.9. The zero-order valence-electron chi connectivity index (χ0n) is 15.3. The summed E-state index contributed by atoms with van der Waals surface area (Å²) < 4.78 is 12.2. The highest BCUT2D eigenvalue weighted by molar-refractivity contribution is 5.87. The number of hydrogen-bond donors (Lipinski definition) is 0. The lowest BCUT2D eigenvalue weighted by atomic mass is 10.1. The number of ether oxygens (including phenoxy) is 2. The van der Waals surface area contributed by atoms with Gasteiger partial charge in [0.15, 0.2) is 5.69 Å². The first-order valence-corrected chi connectivity index (χ1v) is 8.72. The van der Waals surface area contributed by atoms with Gasteiger partial charge in [0, 0.05) is 19.6 Å². The number of nitrogens with zero attached hydrogens (tertiary/aromatic N) is 4. The molecule has 2 aliphatic rings. The molecule has 0 radical (unpaired) electrons. The van der Waals surface area contributed by atoms with Gasteiger partial charge in [-0.1, -0.05) is 0 Å². The van der Waals surface area contributed by atoms with Crippen LogP contribution < -0.4 is 0 Å². The fourth-order valence-electron chi connectivity index (χ4n) is 3.61. The third-order valence-electron chi connectivity index (χ3n) is 4.86. The quantitative estimate of drug-likeness (QED) is 0.740. The molecule has 8 heteroatoms. The van der Waals surface area contributed by atoms with Crippen LogP contribution in [0, 0.1) is 0 Å². The van der Waals surface area contributed by atoms with Crippen molar-refractivity contribution < 1.29 is 19.1 Å². The highest BCUT2D eigenvalue weighted by Crippen LogP contribution is 2.19. The van der Waals surface area contributed by atoms with Crippen molar-refractivity contribution in [2.45, 2.75) is 52.1 Å². The van der Waals surface area contributed by atoms with Gasteiger partial charge in [0.05, 0.1) is 44.1 Å². The van der Waals surface area contributed by atoms with E-state index in [1.165, 1.54) is 7.11 Å². The van der Waals surface area contributed by atoms with Crippen LogP contribution in [-0.4, -0.2) is 76.5 Å². The molecule has 138 valence electrons. The van der Waals surface area contributed by atoms with Gasteiger partial charge < -0.3 is 14.4 Å². The lowest BCUT2D eigenvalue weighted by Crippen LogP contribution is -2.55. The van der Waals surface area contributed by atoms with E-state index < -0.39 is 5.97 Å². The number of methoxy groups -OCH3 is 1. The molecule has 1 aromatic rings. The number of rotatable bonds is 3. The number of amides is 1. The normalized spacial score (nSPS) is 25.4. The molecule has 0 saturated carbocycles. The number of esters is 1. The van der Waals surface area contributed by atoms with Gasteiger partial charge in [-0.15, -0.1) is 0 Å². The molecule has 25 heavy (non-hydrogen) atoms. The smallest absolute Gasteiger partial charge is 0.358 e.